The first-order chi connectivity index (χ1) is 21.8. The van der Waals surface area contributed by atoms with Crippen molar-refractivity contribution in [2.24, 2.45) is 5.92 Å². The fraction of sp³-hybridized carbons (Fsp3) is 0.529. The summed E-state index contributed by atoms with van der Waals surface area (Å²) in [5.41, 5.74) is 0.193. The lowest BCUT2D eigenvalue weighted by Crippen LogP contribution is -2.51. The molecule has 2 aromatic carbocycles. The van der Waals surface area contributed by atoms with E-state index in [0.717, 1.165) is 22.6 Å². The van der Waals surface area contributed by atoms with Crippen molar-refractivity contribution in [3.05, 3.63) is 71.3 Å². The molecule has 0 heterocycles. The fourth-order valence-corrected chi connectivity index (χ4v) is 5.06. The predicted molar refractivity (Wildman–Crippen MR) is 178 cm³/mol. The molecule has 2 rings (SSSR count). The molecule has 0 radical (unpaired) electrons. The number of rotatable bonds is 16. The molecule has 13 heteroatoms. The lowest BCUT2D eigenvalue weighted by Gasteiger charge is -2.32. The van der Waals surface area contributed by atoms with Gasteiger partial charge in [0.1, 0.15) is 18.7 Å². The Morgan fingerprint density at radius 2 is 1.47 bits per heavy atom. The number of halogens is 4. The largest absolute Gasteiger partial charge is 0.458 e. The van der Waals surface area contributed by atoms with Crippen molar-refractivity contribution >= 4 is 46.4 Å². The number of amides is 1. The van der Waals surface area contributed by atoms with Crippen molar-refractivity contribution in [1.29, 1.82) is 0 Å². The third kappa shape index (κ3) is 13.4. The summed E-state index contributed by atoms with van der Waals surface area (Å²) in [6.45, 7) is 8.85. The number of nitrogens with zero attached hydrogens (tertiary/aromatic N) is 1. The number of carbonyl (C=O) groups is 4. The number of nitrogens with one attached hydrogen (secondary N) is 1. The van der Waals surface area contributed by atoms with Crippen LogP contribution >= 0.6 is 22.6 Å². The van der Waals surface area contributed by atoms with Crippen LogP contribution < -0.4 is 5.32 Å². The average molecular weight is 777 g/mol. The molecule has 0 bridgehead atoms. The summed E-state index contributed by atoms with van der Waals surface area (Å²) in [4.78, 5) is 54.3. The van der Waals surface area contributed by atoms with E-state index in [-0.39, 0.29) is 28.8 Å². The van der Waals surface area contributed by atoms with Gasteiger partial charge in [-0.15, -0.1) is 0 Å². The van der Waals surface area contributed by atoms with Crippen LogP contribution in [0.25, 0.3) is 0 Å². The molecule has 2 aromatic rings. The van der Waals surface area contributed by atoms with E-state index in [1.165, 1.54) is 26.1 Å². The lowest BCUT2D eigenvalue weighted by atomic mass is 10.00. The van der Waals surface area contributed by atoms with E-state index in [9.17, 15) is 32.3 Å². The first kappa shape index (κ1) is 40.0. The minimum Gasteiger partial charge on any atom is -0.458 e. The topological polar surface area (TPSA) is 111 Å². The zero-order valence-corrected chi connectivity index (χ0v) is 29.9. The molecular weight excluding hydrogens is 732 g/mol. The van der Waals surface area contributed by atoms with Gasteiger partial charge >= 0.3 is 24.1 Å². The van der Waals surface area contributed by atoms with Crippen molar-refractivity contribution in [1.82, 2.24) is 10.2 Å². The van der Waals surface area contributed by atoms with Gasteiger partial charge in [-0.2, -0.15) is 13.2 Å². The van der Waals surface area contributed by atoms with Gasteiger partial charge in [-0.05, 0) is 56.0 Å². The van der Waals surface area contributed by atoms with Crippen molar-refractivity contribution in [3.8, 4) is 0 Å². The summed E-state index contributed by atoms with van der Waals surface area (Å²) in [5.74, 6) is -3.22. The Balaban J connectivity index is 2.31. The average Bonchev–Trinajstić information content (AvgIpc) is 2.99. The van der Waals surface area contributed by atoms with Crippen LogP contribution in [0.3, 0.4) is 0 Å². The SMILES string of the molecule is CN[C@@H](CC(C)(C)I)C(=O)O[C@H](Cc1ccc(C(F)(F)F)cc1)C(=O)N(C)[C@@H](CC(C)C)C(=O)O[C@H](C)C(=O)OCc1ccccc1. The second-order valence-electron chi connectivity index (χ2n) is 12.4. The molecule has 9 nitrogen and oxygen atoms in total. The molecule has 0 unspecified atom stereocenters. The number of likely N-dealkylation sites (N-methyl/N-ethyl adjacent to an activating group) is 2. The van der Waals surface area contributed by atoms with E-state index in [0.29, 0.717) is 12.0 Å². The predicted octanol–water partition coefficient (Wildman–Crippen LogP) is 5.90. The number of alkyl halides is 4. The maximum Gasteiger partial charge on any atom is 0.416 e. The molecule has 47 heavy (non-hydrogen) atoms. The maximum atomic E-state index is 14.0. The molecule has 0 aliphatic heterocycles. The van der Waals surface area contributed by atoms with E-state index >= 15 is 0 Å². The van der Waals surface area contributed by atoms with E-state index < -0.39 is 59.8 Å². The standard InChI is InChI=1S/C34H44F3IN2O7/c1-21(2)17-27(32(44)46-22(3)30(42)45-20-24-11-9-8-10-12-24)40(7)29(41)28(47-31(43)26(39-6)19-33(4,5)38)18-23-13-15-25(16-14-23)34(35,36)37/h8-16,21-22,26-28,39H,17-20H2,1-7H3/t22-,26+,27+,28-/m1/s1. The van der Waals surface area contributed by atoms with E-state index in [2.05, 4.69) is 27.9 Å². The van der Waals surface area contributed by atoms with E-state index in [4.69, 9.17) is 14.2 Å². The molecule has 0 aromatic heterocycles. The lowest BCUT2D eigenvalue weighted by molar-refractivity contribution is -0.174. The van der Waals surface area contributed by atoms with Crippen LogP contribution in [0, 0.1) is 5.92 Å². The van der Waals surface area contributed by atoms with Gasteiger partial charge in [-0.3, -0.25) is 9.59 Å². The van der Waals surface area contributed by atoms with Crippen LogP contribution in [0.15, 0.2) is 54.6 Å². The molecule has 0 aliphatic carbocycles. The zero-order valence-electron chi connectivity index (χ0n) is 27.7. The summed E-state index contributed by atoms with van der Waals surface area (Å²) in [5, 5.41) is 2.89. The van der Waals surface area contributed by atoms with Crippen LogP contribution in [0.2, 0.25) is 0 Å². The molecule has 0 saturated carbocycles. The Labute approximate surface area is 288 Å². The van der Waals surface area contributed by atoms with Crippen LogP contribution in [0.4, 0.5) is 13.2 Å². The van der Waals surface area contributed by atoms with Crippen molar-refractivity contribution in [2.45, 2.75) is 94.4 Å². The number of hydrogen-bond donors (Lipinski definition) is 1. The van der Waals surface area contributed by atoms with Crippen LogP contribution in [0.1, 0.15) is 64.2 Å². The zero-order chi connectivity index (χ0) is 35.5. The van der Waals surface area contributed by atoms with Gasteiger partial charge in [0.05, 0.1) is 5.56 Å². The normalized spacial score (nSPS) is 14.5. The number of carbonyl (C=O) groups excluding carboxylic acids is 4. The Bertz CT molecular complexity index is 1330. The van der Waals surface area contributed by atoms with Gasteiger partial charge < -0.3 is 24.4 Å². The van der Waals surface area contributed by atoms with Gasteiger partial charge in [0.25, 0.3) is 5.91 Å². The Hall–Kier alpha value is -3.20. The quantitative estimate of drug-likeness (QED) is 0.0972. The van der Waals surface area contributed by atoms with Crippen LogP contribution in [-0.4, -0.2) is 70.5 Å². The van der Waals surface area contributed by atoms with Gasteiger partial charge in [0.15, 0.2) is 12.2 Å². The third-order valence-corrected chi connectivity index (χ3v) is 7.63. The van der Waals surface area contributed by atoms with E-state index in [1.54, 1.807) is 31.3 Å². The molecular formula is C34H44F3IN2O7. The minimum atomic E-state index is -4.55. The van der Waals surface area contributed by atoms with Gasteiger partial charge in [0.2, 0.25) is 0 Å². The molecule has 1 N–H and O–H groups in total. The van der Waals surface area contributed by atoms with Gasteiger partial charge in [0, 0.05) is 16.9 Å². The molecule has 260 valence electrons. The van der Waals surface area contributed by atoms with Crippen molar-refractivity contribution in [3.63, 3.8) is 0 Å². The summed E-state index contributed by atoms with van der Waals surface area (Å²) in [6.07, 6.45) is -7.05. The van der Waals surface area contributed by atoms with Gasteiger partial charge in [-0.25, -0.2) is 9.59 Å². The summed E-state index contributed by atoms with van der Waals surface area (Å²) in [6, 6.07) is 11.2. The first-order valence-corrected chi connectivity index (χ1v) is 16.3. The molecule has 1 amide bonds. The van der Waals surface area contributed by atoms with Crippen molar-refractivity contribution in [2.75, 3.05) is 14.1 Å². The monoisotopic (exact) mass is 776 g/mol. The molecule has 0 fully saturated rings. The molecule has 0 aliphatic rings. The number of benzene rings is 2. The first-order valence-electron chi connectivity index (χ1n) is 15.2. The Kier molecular flexibility index (Phi) is 15.1. The van der Waals surface area contributed by atoms with Crippen LogP contribution in [0.5, 0.6) is 0 Å². The second-order valence-corrected chi connectivity index (χ2v) is 15.3. The van der Waals surface area contributed by atoms with Crippen molar-refractivity contribution < 1.29 is 46.6 Å². The summed E-state index contributed by atoms with van der Waals surface area (Å²) < 4.78 is 55.6. The molecule has 0 saturated heterocycles. The number of esters is 3. The molecule has 4 atom stereocenters. The molecule has 0 spiro atoms. The van der Waals surface area contributed by atoms with Crippen LogP contribution in [-0.2, 0) is 52.6 Å². The Morgan fingerprint density at radius 1 is 0.872 bits per heavy atom. The third-order valence-electron chi connectivity index (χ3n) is 7.19. The summed E-state index contributed by atoms with van der Waals surface area (Å²) in [7, 11) is 2.93. The fourth-order valence-electron chi connectivity index (χ4n) is 4.62. The number of hydrogen-bond acceptors (Lipinski definition) is 8. The highest BCUT2D eigenvalue weighted by atomic mass is 127. The second kappa shape index (κ2) is 17.8. The highest BCUT2D eigenvalue weighted by molar-refractivity contribution is 14.1. The highest BCUT2D eigenvalue weighted by Gasteiger charge is 2.38. The summed E-state index contributed by atoms with van der Waals surface area (Å²) >= 11 is 2.18. The van der Waals surface area contributed by atoms with E-state index in [1.807, 2.05) is 33.8 Å². The maximum absolute atomic E-state index is 14.0. The van der Waals surface area contributed by atoms with Gasteiger partial charge in [-0.1, -0.05) is 92.8 Å². The Morgan fingerprint density at radius 3 is 1.98 bits per heavy atom. The highest BCUT2D eigenvalue weighted by Crippen LogP contribution is 2.30. The smallest absolute Gasteiger partial charge is 0.416 e. The number of ether oxygens (including phenoxy) is 3. The minimum absolute atomic E-state index is 0.0191.